The van der Waals surface area contributed by atoms with Gasteiger partial charge in [0.1, 0.15) is 18.1 Å². The zero-order valence-corrected chi connectivity index (χ0v) is 28.5. The standard InChI is InChI=1S/C39H43N7O5/c1-3-22(2)35(39(50)51)46-38(49)34(18-25-21-43-32-15-9-6-12-28(25)32)45-37(48)33(17-24-20-42-31-14-8-5-11-27(24)31)44-36(47)29(40)16-23-19-41-30-13-7-4-10-26(23)30/h4-15,19-22,29,33-35,41-43H,3,16-18,40H2,1-2H3,(H,44,47)(H,45,48)(H,46,49)(H,50,51). The number of H-pyrrole nitrogens is 3. The molecule has 0 saturated carbocycles. The fraction of sp³-hybridized carbons (Fsp3) is 0.282. The Balaban J connectivity index is 1.28. The number of benzene rings is 3. The van der Waals surface area contributed by atoms with E-state index >= 15 is 0 Å². The van der Waals surface area contributed by atoms with Crippen molar-refractivity contribution in [1.82, 2.24) is 30.9 Å². The van der Waals surface area contributed by atoms with Gasteiger partial charge >= 0.3 is 5.97 Å². The summed E-state index contributed by atoms with van der Waals surface area (Å²) >= 11 is 0. The fourth-order valence-corrected chi connectivity index (χ4v) is 6.58. The van der Waals surface area contributed by atoms with E-state index in [1.807, 2.05) is 85.9 Å². The molecular weight excluding hydrogens is 646 g/mol. The summed E-state index contributed by atoms with van der Waals surface area (Å²) in [6.45, 7) is 3.60. The Labute approximate surface area is 294 Å². The number of nitrogens with two attached hydrogens (primary N) is 1. The molecule has 6 rings (SSSR count). The molecule has 0 radical (unpaired) electrons. The lowest BCUT2D eigenvalue weighted by molar-refractivity contribution is -0.143. The predicted molar refractivity (Wildman–Crippen MR) is 197 cm³/mol. The second-order valence-corrected chi connectivity index (χ2v) is 13.1. The van der Waals surface area contributed by atoms with Crippen LogP contribution in [0.15, 0.2) is 91.4 Å². The number of amides is 3. The van der Waals surface area contributed by atoms with Crippen LogP contribution in [-0.2, 0) is 38.4 Å². The van der Waals surface area contributed by atoms with Gasteiger partial charge in [0.25, 0.3) is 0 Å². The molecule has 264 valence electrons. The number of fused-ring (bicyclic) bond motifs is 3. The third-order valence-corrected chi connectivity index (χ3v) is 9.69. The van der Waals surface area contributed by atoms with Gasteiger partial charge in [0.05, 0.1) is 6.04 Å². The van der Waals surface area contributed by atoms with Gasteiger partial charge in [-0.3, -0.25) is 14.4 Å². The maximum Gasteiger partial charge on any atom is 0.326 e. The molecule has 0 aliphatic heterocycles. The topological polar surface area (TPSA) is 198 Å². The minimum Gasteiger partial charge on any atom is -0.480 e. The van der Waals surface area contributed by atoms with Crippen molar-refractivity contribution in [3.63, 3.8) is 0 Å². The molecule has 0 aliphatic rings. The van der Waals surface area contributed by atoms with Crippen molar-refractivity contribution >= 4 is 56.4 Å². The second kappa shape index (κ2) is 15.3. The molecule has 5 unspecified atom stereocenters. The van der Waals surface area contributed by atoms with Gasteiger partial charge in [-0.25, -0.2) is 4.79 Å². The van der Waals surface area contributed by atoms with Gasteiger partial charge in [0.2, 0.25) is 17.7 Å². The zero-order valence-electron chi connectivity index (χ0n) is 28.5. The highest BCUT2D eigenvalue weighted by Gasteiger charge is 2.33. The van der Waals surface area contributed by atoms with E-state index in [0.29, 0.717) is 6.42 Å². The lowest BCUT2D eigenvalue weighted by atomic mass is 9.97. The summed E-state index contributed by atoms with van der Waals surface area (Å²) < 4.78 is 0. The van der Waals surface area contributed by atoms with Crippen LogP contribution in [0, 0.1) is 5.92 Å². The Kier molecular flexibility index (Phi) is 10.5. The van der Waals surface area contributed by atoms with Gasteiger partial charge in [0, 0.05) is 64.1 Å². The Hall–Kier alpha value is -5.88. The Morgan fingerprint density at radius 2 is 1.02 bits per heavy atom. The van der Waals surface area contributed by atoms with Gasteiger partial charge in [0.15, 0.2) is 0 Å². The third kappa shape index (κ3) is 7.81. The largest absolute Gasteiger partial charge is 0.480 e. The number of aromatic amines is 3. The molecule has 0 bridgehead atoms. The normalized spacial score (nSPS) is 14.5. The lowest BCUT2D eigenvalue weighted by Gasteiger charge is -2.26. The molecule has 12 nitrogen and oxygen atoms in total. The van der Waals surface area contributed by atoms with E-state index in [-0.39, 0.29) is 25.2 Å². The minimum atomic E-state index is -1.16. The number of aromatic nitrogens is 3. The highest BCUT2D eigenvalue weighted by Crippen LogP contribution is 2.22. The Morgan fingerprint density at radius 1 is 0.627 bits per heavy atom. The zero-order chi connectivity index (χ0) is 36.1. The molecule has 0 aliphatic carbocycles. The lowest BCUT2D eigenvalue weighted by Crippen LogP contribution is -2.58. The van der Waals surface area contributed by atoms with E-state index in [1.165, 1.54) is 0 Å². The first-order valence-electron chi connectivity index (χ1n) is 17.2. The number of carbonyl (C=O) groups is 4. The summed E-state index contributed by atoms with van der Waals surface area (Å²) in [5.41, 5.74) is 11.5. The van der Waals surface area contributed by atoms with Crippen molar-refractivity contribution in [2.24, 2.45) is 11.7 Å². The fourth-order valence-electron chi connectivity index (χ4n) is 6.58. The first kappa shape index (κ1) is 35.0. The predicted octanol–water partition coefficient (Wildman–Crippen LogP) is 4.07. The van der Waals surface area contributed by atoms with Crippen molar-refractivity contribution in [3.05, 3.63) is 108 Å². The maximum atomic E-state index is 14.3. The van der Waals surface area contributed by atoms with E-state index in [4.69, 9.17) is 5.73 Å². The number of carboxylic acid groups (broad SMARTS) is 1. The molecule has 3 heterocycles. The molecule has 3 aromatic carbocycles. The number of rotatable bonds is 15. The summed E-state index contributed by atoms with van der Waals surface area (Å²) in [6.07, 6.45) is 6.32. The summed E-state index contributed by atoms with van der Waals surface area (Å²) in [7, 11) is 0. The number of hydrogen-bond donors (Lipinski definition) is 8. The van der Waals surface area contributed by atoms with E-state index in [0.717, 1.165) is 49.4 Å². The Bertz CT molecular complexity index is 2180. The number of aliphatic carboxylic acids is 1. The van der Waals surface area contributed by atoms with E-state index in [1.54, 1.807) is 19.3 Å². The van der Waals surface area contributed by atoms with E-state index in [9.17, 15) is 24.3 Å². The van der Waals surface area contributed by atoms with E-state index < -0.39 is 47.9 Å². The molecule has 3 amide bonds. The number of carbonyl (C=O) groups excluding carboxylic acids is 3. The average Bonchev–Trinajstić information content (AvgIpc) is 3.86. The van der Waals surface area contributed by atoms with Gasteiger partial charge < -0.3 is 41.7 Å². The number of hydrogen-bond acceptors (Lipinski definition) is 5. The number of nitrogens with one attached hydrogen (secondary N) is 6. The molecular formula is C39H43N7O5. The van der Waals surface area contributed by atoms with Crippen LogP contribution in [0.4, 0.5) is 0 Å². The van der Waals surface area contributed by atoms with Crippen LogP contribution in [0.2, 0.25) is 0 Å². The second-order valence-electron chi connectivity index (χ2n) is 13.1. The van der Waals surface area contributed by atoms with Gasteiger partial charge in [-0.2, -0.15) is 0 Å². The molecule has 9 N–H and O–H groups in total. The number of carboxylic acids is 1. The van der Waals surface area contributed by atoms with Crippen molar-refractivity contribution in [1.29, 1.82) is 0 Å². The highest BCUT2D eigenvalue weighted by molar-refractivity contribution is 5.96. The minimum absolute atomic E-state index is 0.0717. The molecule has 12 heteroatoms. The van der Waals surface area contributed by atoms with Crippen molar-refractivity contribution in [2.45, 2.75) is 63.7 Å². The molecule has 5 atom stereocenters. The summed E-state index contributed by atoms with van der Waals surface area (Å²) in [6, 6.07) is 18.5. The molecule has 0 spiro atoms. The van der Waals surface area contributed by atoms with Crippen molar-refractivity contribution in [3.8, 4) is 0 Å². The SMILES string of the molecule is CCC(C)C(NC(=O)C(Cc1c[nH]c2ccccc12)NC(=O)C(Cc1c[nH]c2ccccc12)NC(=O)C(N)Cc1c[nH]c2ccccc12)C(=O)O. The van der Waals surface area contributed by atoms with Crippen LogP contribution in [0.3, 0.4) is 0 Å². The maximum absolute atomic E-state index is 14.3. The molecule has 0 fully saturated rings. The molecule has 0 saturated heterocycles. The van der Waals surface area contributed by atoms with Crippen LogP contribution in [0.5, 0.6) is 0 Å². The van der Waals surface area contributed by atoms with Crippen molar-refractivity contribution in [2.75, 3.05) is 0 Å². The van der Waals surface area contributed by atoms with Gasteiger partial charge in [-0.05, 0) is 47.2 Å². The van der Waals surface area contributed by atoms with Crippen LogP contribution >= 0.6 is 0 Å². The average molecular weight is 690 g/mol. The highest BCUT2D eigenvalue weighted by atomic mass is 16.4. The third-order valence-electron chi connectivity index (χ3n) is 9.69. The summed E-state index contributed by atoms with van der Waals surface area (Å²) in [4.78, 5) is 63.6. The molecule has 51 heavy (non-hydrogen) atoms. The van der Waals surface area contributed by atoms with Crippen LogP contribution in [0.25, 0.3) is 32.7 Å². The summed E-state index contributed by atoms with van der Waals surface area (Å²) in [5, 5.41) is 21.0. The van der Waals surface area contributed by atoms with Crippen LogP contribution in [-0.4, -0.2) is 67.9 Å². The molecule has 6 aromatic rings. The van der Waals surface area contributed by atoms with Gasteiger partial charge in [-0.1, -0.05) is 74.9 Å². The van der Waals surface area contributed by atoms with Gasteiger partial charge in [-0.15, -0.1) is 0 Å². The van der Waals surface area contributed by atoms with Crippen LogP contribution < -0.4 is 21.7 Å². The first-order valence-corrected chi connectivity index (χ1v) is 17.2. The Morgan fingerprint density at radius 3 is 1.45 bits per heavy atom. The number of para-hydroxylation sites is 3. The quantitative estimate of drug-likeness (QED) is 0.0800. The van der Waals surface area contributed by atoms with Crippen LogP contribution in [0.1, 0.15) is 37.0 Å². The first-order chi connectivity index (χ1) is 24.6. The van der Waals surface area contributed by atoms with E-state index in [2.05, 4.69) is 30.9 Å². The smallest absolute Gasteiger partial charge is 0.326 e. The molecule has 3 aromatic heterocycles. The monoisotopic (exact) mass is 689 g/mol. The van der Waals surface area contributed by atoms with Crippen molar-refractivity contribution < 1.29 is 24.3 Å². The summed E-state index contributed by atoms with van der Waals surface area (Å²) in [5.74, 6) is -3.30.